The fraction of sp³-hybridized carbons (Fsp3) is 0.385. The van der Waals surface area contributed by atoms with Crippen LogP contribution < -0.4 is 5.73 Å². The maximum absolute atomic E-state index is 13.1. The normalized spacial score (nSPS) is 18.8. The highest BCUT2D eigenvalue weighted by Gasteiger charge is 2.54. The van der Waals surface area contributed by atoms with E-state index < -0.39 is 5.41 Å². The Morgan fingerprint density at radius 3 is 2.89 bits per heavy atom. The molecule has 18 heavy (non-hydrogen) atoms. The van der Waals surface area contributed by atoms with Crippen LogP contribution in [0.5, 0.6) is 0 Å². The van der Waals surface area contributed by atoms with E-state index in [4.69, 9.17) is 10.2 Å². The number of oxazole rings is 1. The standard InChI is InChI=1S/C13H13FN2O2/c1-7(13(4-5-13)12(15)17)11-16-9-3-2-8(14)6-10(9)18-11/h2-3,6-7H,4-5H2,1H3,(H2,15,17)/t7-/m0/s1. The lowest BCUT2D eigenvalue weighted by Crippen LogP contribution is -2.29. The number of fused-ring (bicyclic) bond motifs is 1. The average molecular weight is 248 g/mol. The molecule has 1 fully saturated rings. The number of primary amides is 1. The first-order valence-corrected chi connectivity index (χ1v) is 5.89. The zero-order valence-electron chi connectivity index (χ0n) is 9.94. The number of nitrogens with zero attached hydrogens (tertiary/aromatic N) is 1. The fourth-order valence-corrected chi connectivity index (χ4v) is 2.37. The van der Waals surface area contributed by atoms with Crippen molar-refractivity contribution in [3.63, 3.8) is 0 Å². The van der Waals surface area contributed by atoms with Crippen LogP contribution >= 0.6 is 0 Å². The molecule has 1 aliphatic carbocycles. The molecule has 5 heteroatoms. The number of carbonyl (C=O) groups excluding carboxylic acids is 1. The van der Waals surface area contributed by atoms with E-state index in [1.807, 2.05) is 6.92 Å². The molecule has 1 amide bonds. The van der Waals surface area contributed by atoms with E-state index in [-0.39, 0.29) is 17.6 Å². The minimum Gasteiger partial charge on any atom is -0.440 e. The van der Waals surface area contributed by atoms with Gasteiger partial charge < -0.3 is 10.2 Å². The number of nitrogens with two attached hydrogens (primary N) is 1. The van der Waals surface area contributed by atoms with Crippen LogP contribution in [0, 0.1) is 11.2 Å². The Bertz CT molecular complexity index is 631. The van der Waals surface area contributed by atoms with Crippen molar-refractivity contribution in [3.8, 4) is 0 Å². The maximum atomic E-state index is 13.1. The lowest BCUT2D eigenvalue weighted by Gasteiger charge is -2.16. The SMILES string of the molecule is C[C@@H](c1nc2ccc(F)cc2o1)C1(C(N)=O)CC1. The topological polar surface area (TPSA) is 69.1 Å². The predicted octanol–water partition coefficient (Wildman–Crippen LogP) is 2.34. The molecule has 1 aromatic heterocycles. The summed E-state index contributed by atoms with van der Waals surface area (Å²) in [5, 5.41) is 0. The lowest BCUT2D eigenvalue weighted by atomic mass is 9.90. The first kappa shape index (κ1) is 11.2. The molecule has 94 valence electrons. The number of carbonyl (C=O) groups is 1. The van der Waals surface area contributed by atoms with E-state index in [0.717, 1.165) is 12.8 Å². The zero-order chi connectivity index (χ0) is 12.9. The number of benzene rings is 1. The van der Waals surface area contributed by atoms with Crippen molar-refractivity contribution in [2.45, 2.75) is 25.7 Å². The Morgan fingerprint density at radius 1 is 1.56 bits per heavy atom. The van der Waals surface area contributed by atoms with E-state index in [9.17, 15) is 9.18 Å². The van der Waals surface area contributed by atoms with Crippen molar-refractivity contribution in [2.75, 3.05) is 0 Å². The van der Waals surface area contributed by atoms with Gasteiger partial charge in [0.25, 0.3) is 0 Å². The molecule has 0 aliphatic heterocycles. The van der Waals surface area contributed by atoms with E-state index in [1.54, 1.807) is 6.07 Å². The molecule has 1 aliphatic rings. The molecular weight excluding hydrogens is 235 g/mol. The van der Waals surface area contributed by atoms with Gasteiger partial charge >= 0.3 is 0 Å². The van der Waals surface area contributed by atoms with Gasteiger partial charge in [0.15, 0.2) is 11.5 Å². The number of hydrogen-bond acceptors (Lipinski definition) is 3. The third-order valence-electron chi connectivity index (χ3n) is 3.85. The minimum absolute atomic E-state index is 0.175. The summed E-state index contributed by atoms with van der Waals surface area (Å²) in [7, 11) is 0. The van der Waals surface area contributed by atoms with Crippen LogP contribution in [0.25, 0.3) is 11.1 Å². The number of amides is 1. The highest BCUT2D eigenvalue weighted by atomic mass is 19.1. The van der Waals surface area contributed by atoms with E-state index in [2.05, 4.69) is 4.98 Å². The number of rotatable bonds is 3. The molecule has 1 heterocycles. The van der Waals surface area contributed by atoms with Crippen LogP contribution in [0.2, 0.25) is 0 Å². The molecule has 0 radical (unpaired) electrons. The van der Waals surface area contributed by atoms with E-state index in [0.29, 0.717) is 17.0 Å². The van der Waals surface area contributed by atoms with Crippen molar-refractivity contribution >= 4 is 17.0 Å². The van der Waals surface area contributed by atoms with Gasteiger partial charge in [0.1, 0.15) is 11.3 Å². The molecular formula is C13H13FN2O2. The molecule has 0 spiro atoms. The quantitative estimate of drug-likeness (QED) is 0.906. The van der Waals surface area contributed by atoms with Crippen molar-refractivity contribution in [3.05, 3.63) is 29.9 Å². The molecule has 2 N–H and O–H groups in total. The van der Waals surface area contributed by atoms with E-state index in [1.165, 1.54) is 12.1 Å². The summed E-state index contributed by atoms with van der Waals surface area (Å²) in [6.45, 7) is 1.87. The second-order valence-electron chi connectivity index (χ2n) is 4.91. The zero-order valence-corrected chi connectivity index (χ0v) is 9.94. The lowest BCUT2D eigenvalue weighted by molar-refractivity contribution is -0.123. The van der Waals surface area contributed by atoms with Crippen molar-refractivity contribution in [1.29, 1.82) is 0 Å². The van der Waals surface area contributed by atoms with Crippen LogP contribution in [-0.4, -0.2) is 10.9 Å². The van der Waals surface area contributed by atoms with Crippen molar-refractivity contribution in [1.82, 2.24) is 4.98 Å². The van der Waals surface area contributed by atoms with Gasteiger partial charge in [0.2, 0.25) is 5.91 Å². The largest absolute Gasteiger partial charge is 0.440 e. The first-order valence-electron chi connectivity index (χ1n) is 5.89. The van der Waals surface area contributed by atoms with Gasteiger partial charge in [-0.25, -0.2) is 9.37 Å². The van der Waals surface area contributed by atoms with Crippen LogP contribution in [0.3, 0.4) is 0 Å². The molecule has 0 unspecified atom stereocenters. The summed E-state index contributed by atoms with van der Waals surface area (Å²) in [5.41, 5.74) is 5.89. The average Bonchev–Trinajstić information content (AvgIpc) is 3.03. The number of aromatic nitrogens is 1. The summed E-state index contributed by atoms with van der Waals surface area (Å²) in [5.74, 6) is -0.408. The van der Waals surface area contributed by atoms with Crippen LogP contribution in [0.1, 0.15) is 31.6 Å². The molecule has 0 saturated heterocycles. The van der Waals surface area contributed by atoms with Crippen molar-refractivity contribution < 1.29 is 13.6 Å². The Kier molecular flexibility index (Phi) is 2.20. The van der Waals surface area contributed by atoms with Gasteiger partial charge in [-0.05, 0) is 25.0 Å². The summed E-state index contributed by atoms with van der Waals surface area (Å²) in [4.78, 5) is 15.8. The number of hydrogen-bond donors (Lipinski definition) is 1. The van der Waals surface area contributed by atoms with Gasteiger partial charge in [-0.2, -0.15) is 0 Å². The Balaban J connectivity index is 2.02. The van der Waals surface area contributed by atoms with Gasteiger partial charge in [-0.15, -0.1) is 0 Å². The van der Waals surface area contributed by atoms with Gasteiger partial charge in [0, 0.05) is 12.0 Å². The first-order chi connectivity index (χ1) is 8.53. The van der Waals surface area contributed by atoms with Gasteiger partial charge in [-0.3, -0.25) is 4.79 Å². The summed E-state index contributed by atoms with van der Waals surface area (Å²) in [6.07, 6.45) is 1.52. The summed E-state index contributed by atoms with van der Waals surface area (Å²) >= 11 is 0. The Hall–Kier alpha value is -1.91. The monoisotopic (exact) mass is 248 g/mol. The third kappa shape index (κ3) is 1.50. The molecule has 1 aromatic carbocycles. The second kappa shape index (κ2) is 3.54. The Labute approximate surface area is 103 Å². The molecule has 2 aromatic rings. The smallest absolute Gasteiger partial charge is 0.224 e. The fourth-order valence-electron chi connectivity index (χ4n) is 2.37. The molecule has 4 nitrogen and oxygen atoms in total. The third-order valence-corrected chi connectivity index (χ3v) is 3.85. The highest BCUT2D eigenvalue weighted by Crippen LogP contribution is 2.55. The second-order valence-corrected chi connectivity index (χ2v) is 4.91. The summed E-state index contributed by atoms with van der Waals surface area (Å²) in [6, 6.07) is 4.19. The molecule has 1 saturated carbocycles. The van der Waals surface area contributed by atoms with Crippen LogP contribution in [0.15, 0.2) is 22.6 Å². The minimum atomic E-state index is -0.528. The van der Waals surface area contributed by atoms with E-state index >= 15 is 0 Å². The predicted molar refractivity (Wildman–Crippen MR) is 63.2 cm³/mol. The maximum Gasteiger partial charge on any atom is 0.224 e. The molecule has 0 bridgehead atoms. The molecule has 1 atom stereocenters. The van der Waals surface area contributed by atoms with Crippen LogP contribution in [-0.2, 0) is 4.79 Å². The van der Waals surface area contributed by atoms with Crippen molar-refractivity contribution in [2.24, 2.45) is 11.1 Å². The highest BCUT2D eigenvalue weighted by molar-refractivity contribution is 5.84. The number of halogens is 1. The van der Waals surface area contributed by atoms with Crippen LogP contribution in [0.4, 0.5) is 4.39 Å². The molecule has 3 rings (SSSR count). The van der Waals surface area contributed by atoms with Gasteiger partial charge in [-0.1, -0.05) is 6.92 Å². The summed E-state index contributed by atoms with van der Waals surface area (Å²) < 4.78 is 18.6. The Morgan fingerprint density at radius 2 is 2.28 bits per heavy atom. The van der Waals surface area contributed by atoms with Gasteiger partial charge in [0.05, 0.1) is 5.41 Å².